The van der Waals surface area contributed by atoms with Gasteiger partial charge in [0.1, 0.15) is 23.9 Å². The van der Waals surface area contributed by atoms with Gasteiger partial charge in [0.15, 0.2) is 0 Å². The molecule has 1 aliphatic carbocycles. The Kier molecular flexibility index (Phi) is 5.29. The van der Waals surface area contributed by atoms with E-state index in [-0.39, 0.29) is 24.2 Å². The maximum atomic E-state index is 13.9. The number of hydrogen-bond acceptors (Lipinski definition) is 4. The largest absolute Gasteiger partial charge is 0.375 e. The molecule has 0 aromatic carbocycles. The lowest BCUT2D eigenvalue weighted by Gasteiger charge is -2.31. The summed E-state index contributed by atoms with van der Waals surface area (Å²) in [5.74, 6) is 0.972. The molecule has 27 heavy (non-hydrogen) atoms. The molecule has 4 rings (SSSR count). The van der Waals surface area contributed by atoms with Gasteiger partial charge in [-0.15, -0.1) is 0 Å². The molecule has 2 fully saturated rings. The van der Waals surface area contributed by atoms with Crippen LogP contribution in [0.25, 0.3) is 5.65 Å². The zero-order valence-electron chi connectivity index (χ0n) is 15.8. The van der Waals surface area contributed by atoms with Crippen molar-refractivity contribution in [1.29, 1.82) is 0 Å². The van der Waals surface area contributed by atoms with E-state index in [0.717, 1.165) is 42.8 Å². The smallest absolute Gasteiger partial charge is 0.248 e. The molecule has 1 N–H and O–H groups in total. The Labute approximate surface area is 158 Å². The third kappa shape index (κ3) is 3.78. The summed E-state index contributed by atoms with van der Waals surface area (Å²) < 4.78 is 20.7. The van der Waals surface area contributed by atoms with Crippen LogP contribution in [-0.4, -0.2) is 53.0 Å². The molecule has 0 bridgehead atoms. The fraction of sp³-hybridized carbons (Fsp3) is 0.600. The van der Waals surface area contributed by atoms with E-state index in [0.29, 0.717) is 19.1 Å². The van der Waals surface area contributed by atoms with Crippen LogP contribution in [0.3, 0.4) is 0 Å². The number of rotatable bonds is 5. The van der Waals surface area contributed by atoms with Gasteiger partial charge in [0.05, 0.1) is 5.69 Å². The van der Waals surface area contributed by atoms with E-state index < -0.39 is 0 Å². The van der Waals surface area contributed by atoms with Gasteiger partial charge >= 0.3 is 0 Å². The number of likely N-dealkylation sites (tertiary alicyclic amines) is 1. The number of fused-ring (bicyclic) bond motifs is 1. The predicted octanol–water partition coefficient (Wildman–Crippen LogP) is 3.18. The highest BCUT2D eigenvalue weighted by molar-refractivity contribution is 5.77. The van der Waals surface area contributed by atoms with Crippen LogP contribution in [0.15, 0.2) is 18.3 Å². The van der Waals surface area contributed by atoms with E-state index in [1.165, 1.54) is 25.1 Å². The second kappa shape index (κ2) is 7.84. The Morgan fingerprint density at radius 3 is 2.70 bits per heavy atom. The highest BCUT2D eigenvalue weighted by atomic mass is 19.1. The fourth-order valence-corrected chi connectivity index (χ4v) is 4.35. The molecule has 1 saturated heterocycles. The van der Waals surface area contributed by atoms with Crippen molar-refractivity contribution in [1.82, 2.24) is 14.3 Å². The van der Waals surface area contributed by atoms with Gasteiger partial charge in [-0.1, -0.05) is 12.8 Å². The monoisotopic (exact) mass is 374 g/mol. The molecule has 0 radical (unpaired) electrons. The van der Waals surface area contributed by atoms with Crippen molar-refractivity contribution in [3.63, 3.8) is 0 Å². The molecule has 2 aromatic rings. The predicted molar refractivity (Wildman–Crippen MR) is 101 cm³/mol. The molecule has 1 saturated carbocycles. The van der Waals surface area contributed by atoms with Crippen molar-refractivity contribution in [3.05, 3.63) is 29.8 Å². The number of piperidine rings is 1. The number of pyridine rings is 1. The van der Waals surface area contributed by atoms with Crippen LogP contribution in [-0.2, 0) is 9.53 Å². The Bertz CT molecular complexity index is 808. The molecule has 0 unspecified atom stereocenters. The maximum Gasteiger partial charge on any atom is 0.248 e. The third-order valence-electron chi connectivity index (χ3n) is 5.81. The Morgan fingerprint density at radius 1 is 1.26 bits per heavy atom. The summed E-state index contributed by atoms with van der Waals surface area (Å²) in [6.45, 7) is 1.54. The van der Waals surface area contributed by atoms with Gasteiger partial charge in [0, 0.05) is 38.4 Å². The number of aromatic nitrogens is 2. The Morgan fingerprint density at radius 2 is 2.00 bits per heavy atom. The van der Waals surface area contributed by atoms with Crippen molar-refractivity contribution in [2.45, 2.75) is 50.5 Å². The fourth-order valence-electron chi connectivity index (χ4n) is 4.35. The van der Waals surface area contributed by atoms with Crippen molar-refractivity contribution in [2.75, 3.05) is 32.1 Å². The van der Waals surface area contributed by atoms with Crippen LogP contribution >= 0.6 is 0 Å². The van der Waals surface area contributed by atoms with Crippen molar-refractivity contribution in [3.8, 4) is 0 Å². The van der Waals surface area contributed by atoms with Crippen molar-refractivity contribution in [2.24, 2.45) is 0 Å². The van der Waals surface area contributed by atoms with Crippen molar-refractivity contribution < 1.29 is 13.9 Å². The summed E-state index contributed by atoms with van der Waals surface area (Å²) in [6, 6.07) is 3.61. The number of carbonyl (C=O) groups excluding carboxylic acids is 1. The highest BCUT2D eigenvalue weighted by Gasteiger charge is 2.29. The average molecular weight is 374 g/mol. The summed E-state index contributed by atoms with van der Waals surface area (Å²) in [5.41, 5.74) is 1.77. The Balaban J connectivity index is 1.58. The minimum Gasteiger partial charge on any atom is -0.375 e. The number of imidazole rings is 1. The molecule has 146 valence electrons. The number of anilines is 1. The van der Waals surface area contributed by atoms with Crippen LogP contribution in [0, 0.1) is 5.82 Å². The van der Waals surface area contributed by atoms with Gasteiger partial charge in [-0.2, -0.15) is 0 Å². The minimum atomic E-state index is -0.263. The third-order valence-corrected chi connectivity index (χ3v) is 5.81. The standard InChI is InChI=1S/C20H27FN4O2/c1-27-13-18(26)24-10-8-14(9-11-24)19-20(22-16-4-2-3-5-16)25-12-15(21)6-7-17(25)23-19/h6-7,12,14,16,22H,2-5,8-11,13H2,1H3. The van der Waals surface area contributed by atoms with Crippen LogP contribution in [0.5, 0.6) is 0 Å². The number of nitrogens with one attached hydrogen (secondary N) is 1. The minimum absolute atomic E-state index is 0.0392. The number of halogens is 1. The lowest BCUT2D eigenvalue weighted by Crippen LogP contribution is -2.40. The van der Waals surface area contributed by atoms with Crippen LogP contribution in [0.2, 0.25) is 0 Å². The highest BCUT2D eigenvalue weighted by Crippen LogP contribution is 2.35. The van der Waals surface area contributed by atoms with E-state index >= 15 is 0 Å². The van der Waals surface area contributed by atoms with Gasteiger partial charge in [-0.05, 0) is 37.8 Å². The number of carbonyl (C=O) groups is 1. The van der Waals surface area contributed by atoms with Gasteiger partial charge in [-0.3, -0.25) is 9.20 Å². The number of hydrogen-bond donors (Lipinski definition) is 1. The molecular weight excluding hydrogens is 347 g/mol. The summed E-state index contributed by atoms with van der Waals surface area (Å²) >= 11 is 0. The summed E-state index contributed by atoms with van der Waals surface area (Å²) in [5, 5.41) is 3.64. The number of amides is 1. The van der Waals surface area contributed by atoms with Crippen molar-refractivity contribution >= 4 is 17.4 Å². The lowest BCUT2D eigenvalue weighted by atomic mass is 9.93. The number of ether oxygens (including phenoxy) is 1. The normalized spacial score (nSPS) is 19.1. The maximum absolute atomic E-state index is 13.9. The first-order chi connectivity index (χ1) is 13.2. The quantitative estimate of drug-likeness (QED) is 0.873. The van der Waals surface area contributed by atoms with E-state index in [1.807, 2.05) is 9.30 Å². The van der Waals surface area contributed by atoms with Crippen LogP contribution in [0.1, 0.15) is 50.1 Å². The van der Waals surface area contributed by atoms with E-state index in [9.17, 15) is 9.18 Å². The molecule has 1 amide bonds. The summed E-state index contributed by atoms with van der Waals surface area (Å²) in [4.78, 5) is 18.7. The molecule has 2 aromatic heterocycles. The van der Waals surface area contributed by atoms with Gasteiger partial charge in [-0.25, -0.2) is 9.37 Å². The lowest BCUT2D eigenvalue weighted by molar-refractivity contribution is -0.136. The zero-order chi connectivity index (χ0) is 18.8. The molecule has 3 heterocycles. The second-order valence-electron chi connectivity index (χ2n) is 7.63. The van der Waals surface area contributed by atoms with Crippen LogP contribution < -0.4 is 5.32 Å². The van der Waals surface area contributed by atoms with E-state index in [1.54, 1.807) is 13.2 Å². The van der Waals surface area contributed by atoms with Crippen LogP contribution in [0.4, 0.5) is 10.2 Å². The van der Waals surface area contributed by atoms with Gasteiger partial charge in [0.2, 0.25) is 5.91 Å². The first-order valence-electron chi connectivity index (χ1n) is 9.86. The van der Waals surface area contributed by atoms with Gasteiger partial charge < -0.3 is 15.0 Å². The average Bonchev–Trinajstić information content (AvgIpc) is 3.31. The first-order valence-corrected chi connectivity index (χ1v) is 9.86. The molecule has 1 aliphatic heterocycles. The second-order valence-corrected chi connectivity index (χ2v) is 7.63. The SMILES string of the molecule is COCC(=O)N1CCC(c2nc3ccc(F)cn3c2NC2CCCC2)CC1. The molecular formula is C20H27FN4O2. The molecule has 0 atom stereocenters. The molecule has 6 nitrogen and oxygen atoms in total. The Hall–Kier alpha value is -2.15. The van der Waals surface area contributed by atoms with E-state index in [4.69, 9.17) is 9.72 Å². The number of methoxy groups -OCH3 is 1. The molecule has 2 aliphatic rings. The summed E-state index contributed by atoms with van der Waals surface area (Å²) in [7, 11) is 1.54. The zero-order valence-corrected chi connectivity index (χ0v) is 15.8. The first kappa shape index (κ1) is 18.2. The topological polar surface area (TPSA) is 58.9 Å². The van der Waals surface area contributed by atoms with E-state index in [2.05, 4.69) is 5.32 Å². The molecule has 0 spiro atoms. The van der Waals surface area contributed by atoms with Gasteiger partial charge in [0.25, 0.3) is 0 Å². The number of nitrogens with zero attached hydrogens (tertiary/aromatic N) is 3. The summed E-state index contributed by atoms with van der Waals surface area (Å²) in [6.07, 6.45) is 8.00. The molecule has 7 heteroatoms.